The van der Waals surface area contributed by atoms with Crippen LogP contribution >= 0.6 is 0 Å². The number of aryl methyl sites for hydroxylation is 1. The molecule has 0 spiro atoms. The van der Waals surface area contributed by atoms with Gasteiger partial charge in [-0.05, 0) is 44.2 Å². The highest BCUT2D eigenvalue weighted by Crippen LogP contribution is 2.37. The van der Waals surface area contributed by atoms with Gasteiger partial charge in [0.2, 0.25) is 0 Å². The van der Waals surface area contributed by atoms with Crippen molar-refractivity contribution in [2.24, 2.45) is 5.92 Å². The van der Waals surface area contributed by atoms with E-state index in [1.54, 1.807) is 0 Å². The molecule has 1 aliphatic carbocycles. The molecule has 1 aliphatic heterocycles. The van der Waals surface area contributed by atoms with Gasteiger partial charge in [0.1, 0.15) is 11.5 Å². The van der Waals surface area contributed by atoms with E-state index in [2.05, 4.69) is 81.2 Å². The minimum absolute atomic E-state index is 0.304. The highest BCUT2D eigenvalue weighted by molar-refractivity contribution is 5.71. The van der Waals surface area contributed by atoms with E-state index >= 15 is 0 Å². The van der Waals surface area contributed by atoms with E-state index < -0.39 is 0 Å². The molecule has 202 valence electrons. The molecule has 0 amide bonds. The maximum Gasteiger partial charge on any atom is 0.149 e. The molecule has 0 radical (unpaired) electrons. The van der Waals surface area contributed by atoms with Gasteiger partial charge in [-0.2, -0.15) is 5.10 Å². The summed E-state index contributed by atoms with van der Waals surface area (Å²) in [6.45, 7) is 7.69. The van der Waals surface area contributed by atoms with Crippen molar-refractivity contribution >= 4 is 11.3 Å². The van der Waals surface area contributed by atoms with Crippen molar-refractivity contribution in [3.8, 4) is 34.5 Å². The number of hydrogen-bond acceptors (Lipinski definition) is 5. The maximum atomic E-state index is 5.51. The number of ether oxygens (including phenoxy) is 1. The first-order valence-corrected chi connectivity index (χ1v) is 14.5. The van der Waals surface area contributed by atoms with Gasteiger partial charge in [-0.15, -0.1) is 11.8 Å². The third kappa shape index (κ3) is 5.44. The number of aromatic nitrogens is 5. The van der Waals surface area contributed by atoms with Crippen LogP contribution in [0.5, 0.6) is 0 Å². The van der Waals surface area contributed by atoms with Crippen LogP contribution in [0.3, 0.4) is 0 Å². The normalized spacial score (nSPS) is 16.9. The monoisotopic (exact) mass is 522 g/mol. The van der Waals surface area contributed by atoms with Crippen molar-refractivity contribution in [3.05, 3.63) is 54.6 Å². The standard InChI is InChI=1S/C32H38N6O/c1-3-4-5-6-11-30(26-9-7-8-10-26)38-23-28(24(2)35-38)32-34-29(22-31-33-16-17-37(31)32)25-12-14-27(15-13-25)36-18-20-39-21-19-36/h12-17,22-23,26,30H,3-4,7-11,18-21H2,1-2H3. The zero-order valence-electron chi connectivity index (χ0n) is 23.1. The third-order valence-corrected chi connectivity index (χ3v) is 8.18. The smallest absolute Gasteiger partial charge is 0.149 e. The van der Waals surface area contributed by atoms with Crippen LogP contribution < -0.4 is 4.90 Å². The minimum atomic E-state index is 0.304. The zero-order valence-corrected chi connectivity index (χ0v) is 23.1. The Morgan fingerprint density at radius 2 is 1.87 bits per heavy atom. The molecule has 1 atom stereocenters. The van der Waals surface area contributed by atoms with Crippen molar-refractivity contribution in [1.29, 1.82) is 0 Å². The molecule has 6 rings (SSSR count). The van der Waals surface area contributed by atoms with Gasteiger partial charge < -0.3 is 9.64 Å². The summed E-state index contributed by atoms with van der Waals surface area (Å²) in [5.74, 6) is 8.33. The van der Waals surface area contributed by atoms with E-state index in [1.807, 2.05) is 12.4 Å². The predicted molar refractivity (Wildman–Crippen MR) is 156 cm³/mol. The lowest BCUT2D eigenvalue weighted by Gasteiger charge is -2.28. The Balaban J connectivity index is 1.34. The number of unbranched alkanes of at least 4 members (excludes halogenated alkanes) is 1. The molecule has 2 fully saturated rings. The molecule has 0 N–H and O–H groups in total. The van der Waals surface area contributed by atoms with Gasteiger partial charge in [0.05, 0.1) is 36.2 Å². The van der Waals surface area contributed by atoms with Crippen LogP contribution in [0.25, 0.3) is 28.3 Å². The summed E-state index contributed by atoms with van der Waals surface area (Å²) in [6, 6.07) is 11.1. The fraction of sp³-hybridized carbons (Fsp3) is 0.469. The number of imidazole rings is 1. The summed E-state index contributed by atoms with van der Waals surface area (Å²) in [7, 11) is 0. The minimum Gasteiger partial charge on any atom is -0.378 e. The van der Waals surface area contributed by atoms with Gasteiger partial charge in [0.25, 0.3) is 0 Å². The molecule has 4 aromatic rings. The fourth-order valence-corrected chi connectivity index (χ4v) is 6.01. The number of morpholine rings is 1. The largest absolute Gasteiger partial charge is 0.378 e. The Kier molecular flexibility index (Phi) is 7.64. The Morgan fingerprint density at radius 1 is 1.08 bits per heavy atom. The lowest BCUT2D eigenvalue weighted by Crippen LogP contribution is -2.36. The first-order valence-electron chi connectivity index (χ1n) is 14.5. The van der Waals surface area contributed by atoms with Crippen LogP contribution in [0.15, 0.2) is 48.9 Å². The molecule has 0 bridgehead atoms. The van der Waals surface area contributed by atoms with Crippen LogP contribution in [0, 0.1) is 24.7 Å². The van der Waals surface area contributed by atoms with Crippen molar-refractivity contribution in [2.75, 3.05) is 31.2 Å². The van der Waals surface area contributed by atoms with Crippen molar-refractivity contribution in [3.63, 3.8) is 0 Å². The summed E-state index contributed by atoms with van der Waals surface area (Å²) in [4.78, 5) is 12.2. The summed E-state index contributed by atoms with van der Waals surface area (Å²) in [6.07, 6.45) is 14.1. The van der Waals surface area contributed by atoms with E-state index in [0.717, 1.165) is 79.6 Å². The molecular weight excluding hydrogens is 484 g/mol. The molecular formula is C32H38N6O. The van der Waals surface area contributed by atoms with Gasteiger partial charge in [-0.25, -0.2) is 9.97 Å². The summed E-state index contributed by atoms with van der Waals surface area (Å²) in [5.41, 5.74) is 6.15. The van der Waals surface area contributed by atoms with Gasteiger partial charge >= 0.3 is 0 Å². The topological polar surface area (TPSA) is 60.5 Å². The number of anilines is 1. The molecule has 7 heteroatoms. The van der Waals surface area contributed by atoms with Gasteiger partial charge in [-0.3, -0.25) is 9.08 Å². The van der Waals surface area contributed by atoms with Crippen LogP contribution in [-0.4, -0.2) is 50.5 Å². The SMILES string of the molecule is CCCC#CCC(C1CCCC1)n1cc(-c2nc(-c3ccc(N4CCOCC4)cc3)cc3nccn23)c(C)n1. The predicted octanol–water partition coefficient (Wildman–Crippen LogP) is 6.33. The quantitative estimate of drug-likeness (QED) is 0.266. The molecule has 1 aromatic carbocycles. The van der Waals surface area contributed by atoms with Gasteiger partial charge in [0.15, 0.2) is 0 Å². The Bertz CT molecular complexity index is 1460. The molecule has 3 aromatic heterocycles. The number of rotatable bonds is 7. The lowest BCUT2D eigenvalue weighted by molar-refractivity contribution is 0.122. The molecule has 1 saturated heterocycles. The Labute approximate surface area is 231 Å². The second-order valence-electron chi connectivity index (χ2n) is 10.8. The summed E-state index contributed by atoms with van der Waals surface area (Å²) in [5, 5.41) is 5.05. The average Bonchev–Trinajstić information content (AvgIpc) is 3.75. The first kappa shape index (κ1) is 25.6. The lowest BCUT2D eigenvalue weighted by atomic mass is 9.95. The number of fused-ring (bicyclic) bond motifs is 1. The number of benzene rings is 1. The molecule has 39 heavy (non-hydrogen) atoms. The van der Waals surface area contributed by atoms with Crippen LogP contribution in [0.2, 0.25) is 0 Å². The average molecular weight is 523 g/mol. The maximum absolute atomic E-state index is 5.51. The molecule has 2 aliphatic rings. The van der Waals surface area contributed by atoms with Gasteiger partial charge in [-0.1, -0.05) is 31.9 Å². The zero-order chi connectivity index (χ0) is 26.6. The number of hydrogen-bond donors (Lipinski definition) is 0. The van der Waals surface area contributed by atoms with E-state index in [9.17, 15) is 0 Å². The summed E-state index contributed by atoms with van der Waals surface area (Å²) >= 11 is 0. The third-order valence-electron chi connectivity index (χ3n) is 8.18. The Morgan fingerprint density at radius 3 is 2.64 bits per heavy atom. The molecule has 7 nitrogen and oxygen atoms in total. The van der Waals surface area contributed by atoms with Crippen LogP contribution in [-0.2, 0) is 4.74 Å². The van der Waals surface area contributed by atoms with E-state index in [0.29, 0.717) is 12.0 Å². The van der Waals surface area contributed by atoms with Gasteiger partial charge in [0, 0.05) is 61.8 Å². The second kappa shape index (κ2) is 11.6. The van der Waals surface area contributed by atoms with Crippen molar-refractivity contribution in [1.82, 2.24) is 24.1 Å². The highest BCUT2D eigenvalue weighted by atomic mass is 16.5. The molecule has 1 saturated carbocycles. The first-order chi connectivity index (χ1) is 19.2. The fourth-order valence-electron chi connectivity index (χ4n) is 6.01. The Hall–Kier alpha value is -3.63. The second-order valence-corrected chi connectivity index (χ2v) is 10.8. The van der Waals surface area contributed by atoms with E-state index in [1.165, 1.54) is 31.4 Å². The van der Waals surface area contributed by atoms with Crippen molar-refractivity contribution < 1.29 is 4.74 Å². The van der Waals surface area contributed by atoms with E-state index in [4.69, 9.17) is 14.8 Å². The molecule has 4 heterocycles. The van der Waals surface area contributed by atoms with E-state index in [-0.39, 0.29) is 0 Å². The summed E-state index contributed by atoms with van der Waals surface area (Å²) < 4.78 is 9.78. The molecule has 1 unspecified atom stereocenters. The number of nitrogens with zero attached hydrogens (tertiary/aromatic N) is 6. The van der Waals surface area contributed by atoms with Crippen LogP contribution in [0.4, 0.5) is 5.69 Å². The highest BCUT2D eigenvalue weighted by Gasteiger charge is 2.28. The van der Waals surface area contributed by atoms with Crippen LogP contribution in [0.1, 0.15) is 63.6 Å². The van der Waals surface area contributed by atoms with Crippen molar-refractivity contribution in [2.45, 2.75) is 64.8 Å².